The highest BCUT2D eigenvalue weighted by molar-refractivity contribution is 7.99. The van der Waals surface area contributed by atoms with Crippen LogP contribution in [-0.4, -0.2) is 31.6 Å². The predicted molar refractivity (Wildman–Crippen MR) is 104 cm³/mol. The van der Waals surface area contributed by atoms with Crippen LogP contribution in [0.15, 0.2) is 35.2 Å². The van der Waals surface area contributed by atoms with Gasteiger partial charge in [-0.1, -0.05) is 6.07 Å². The van der Waals surface area contributed by atoms with Crippen molar-refractivity contribution in [2.75, 3.05) is 30.4 Å². The number of rotatable bonds is 5. The van der Waals surface area contributed by atoms with Crippen LogP contribution in [0, 0.1) is 11.6 Å². The Morgan fingerprint density at radius 3 is 2.81 bits per heavy atom. The second-order valence-electron chi connectivity index (χ2n) is 6.82. The molecule has 0 amide bonds. The van der Waals surface area contributed by atoms with Gasteiger partial charge in [0.2, 0.25) is 0 Å². The molecule has 2 aliphatic rings. The van der Waals surface area contributed by atoms with Crippen molar-refractivity contribution >= 4 is 17.4 Å². The molecule has 0 aliphatic carbocycles. The smallest absolute Gasteiger partial charge is 0.133 e. The van der Waals surface area contributed by atoms with Gasteiger partial charge in [0, 0.05) is 24.2 Å². The molecule has 3 nitrogen and oxygen atoms in total. The van der Waals surface area contributed by atoms with Gasteiger partial charge in [-0.15, -0.1) is 11.8 Å². The Hall–Kier alpha value is -1.63. The van der Waals surface area contributed by atoms with Gasteiger partial charge in [0.15, 0.2) is 0 Å². The molecule has 0 radical (unpaired) electrons. The van der Waals surface area contributed by atoms with Crippen molar-refractivity contribution in [1.29, 1.82) is 0 Å². The fourth-order valence-corrected chi connectivity index (χ4v) is 5.15. The maximum absolute atomic E-state index is 14.3. The minimum absolute atomic E-state index is 0.0798. The summed E-state index contributed by atoms with van der Waals surface area (Å²) in [6, 6.07) is 8.42. The highest BCUT2D eigenvalue weighted by Crippen LogP contribution is 2.46. The molecule has 0 bridgehead atoms. The van der Waals surface area contributed by atoms with Gasteiger partial charge in [0.1, 0.15) is 11.6 Å². The van der Waals surface area contributed by atoms with Crippen LogP contribution in [0.3, 0.4) is 0 Å². The first-order chi connectivity index (χ1) is 12.7. The number of benzene rings is 2. The molecule has 6 heteroatoms. The summed E-state index contributed by atoms with van der Waals surface area (Å²) in [5.41, 5.74) is 8.73. The van der Waals surface area contributed by atoms with Gasteiger partial charge in [-0.05, 0) is 67.0 Å². The largest absolute Gasteiger partial charge is 0.367 e. The Balaban J connectivity index is 1.74. The first-order valence-electron chi connectivity index (χ1n) is 9.10. The quantitative estimate of drug-likeness (QED) is 0.617. The van der Waals surface area contributed by atoms with Crippen molar-refractivity contribution in [2.24, 2.45) is 5.73 Å². The number of halogens is 2. The minimum Gasteiger partial charge on any atom is -0.367 e. The average molecular weight is 375 g/mol. The average Bonchev–Trinajstić information content (AvgIpc) is 2.81. The molecule has 0 aromatic heterocycles. The van der Waals surface area contributed by atoms with E-state index in [1.807, 2.05) is 12.1 Å². The lowest BCUT2D eigenvalue weighted by Crippen LogP contribution is -2.36. The van der Waals surface area contributed by atoms with E-state index in [-0.39, 0.29) is 5.56 Å². The van der Waals surface area contributed by atoms with Gasteiger partial charge >= 0.3 is 0 Å². The SMILES string of the molecule is NCNCC[C@H]1Cc2cc(-c3c(F)cccc3F)cc3c2N1CCCS3. The molecular formula is C20H23F2N3S. The van der Waals surface area contributed by atoms with Gasteiger partial charge in [-0.3, -0.25) is 0 Å². The summed E-state index contributed by atoms with van der Waals surface area (Å²) in [7, 11) is 0. The van der Waals surface area contributed by atoms with E-state index in [4.69, 9.17) is 5.73 Å². The molecule has 4 rings (SSSR count). The van der Waals surface area contributed by atoms with Crippen molar-refractivity contribution in [2.45, 2.75) is 30.2 Å². The Kier molecular flexibility index (Phi) is 5.16. The topological polar surface area (TPSA) is 41.3 Å². The van der Waals surface area contributed by atoms with E-state index in [0.29, 0.717) is 18.3 Å². The second kappa shape index (κ2) is 7.55. The molecule has 2 heterocycles. The third-order valence-electron chi connectivity index (χ3n) is 5.19. The van der Waals surface area contributed by atoms with Crippen LogP contribution in [0.5, 0.6) is 0 Å². The van der Waals surface area contributed by atoms with Crippen LogP contribution in [-0.2, 0) is 6.42 Å². The monoisotopic (exact) mass is 375 g/mol. The van der Waals surface area contributed by atoms with Crippen molar-refractivity contribution in [3.05, 3.63) is 47.5 Å². The molecule has 3 N–H and O–H groups in total. The first kappa shape index (κ1) is 17.8. The maximum atomic E-state index is 14.3. The van der Waals surface area contributed by atoms with Gasteiger partial charge < -0.3 is 16.0 Å². The molecule has 0 spiro atoms. The summed E-state index contributed by atoms with van der Waals surface area (Å²) in [5.74, 6) is 0.0172. The zero-order chi connectivity index (χ0) is 18.1. The van der Waals surface area contributed by atoms with E-state index in [1.54, 1.807) is 11.8 Å². The normalized spacial score (nSPS) is 18.7. The molecule has 0 saturated carbocycles. The molecule has 2 aliphatic heterocycles. The molecule has 0 fully saturated rings. The lowest BCUT2D eigenvalue weighted by molar-refractivity contribution is 0.541. The lowest BCUT2D eigenvalue weighted by Gasteiger charge is -2.27. The third-order valence-corrected chi connectivity index (χ3v) is 6.30. The van der Waals surface area contributed by atoms with Crippen LogP contribution < -0.4 is 16.0 Å². The van der Waals surface area contributed by atoms with Gasteiger partial charge in [-0.2, -0.15) is 0 Å². The van der Waals surface area contributed by atoms with E-state index in [1.165, 1.54) is 29.4 Å². The van der Waals surface area contributed by atoms with Gasteiger partial charge in [0.05, 0.1) is 11.3 Å². The van der Waals surface area contributed by atoms with Crippen LogP contribution in [0.25, 0.3) is 11.1 Å². The fourth-order valence-electron chi connectivity index (χ4n) is 4.06. The summed E-state index contributed by atoms with van der Waals surface area (Å²) in [4.78, 5) is 3.64. The van der Waals surface area contributed by atoms with Crippen LogP contribution in [0.1, 0.15) is 18.4 Å². The number of hydrogen-bond acceptors (Lipinski definition) is 4. The first-order valence-corrected chi connectivity index (χ1v) is 10.1. The van der Waals surface area contributed by atoms with E-state index in [9.17, 15) is 8.78 Å². The number of nitrogens with one attached hydrogen (secondary N) is 1. The predicted octanol–water partition coefficient (Wildman–Crippen LogP) is 3.75. The van der Waals surface area contributed by atoms with E-state index in [2.05, 4.69) is 10.2 Å². The molecule has 0 saturated heterocycles. The Morgan fingerprint density at radius 1 is 1.23 bits per heavy atom. The Labute approximate surface area is 157 Å². The summed E-state index contributed by atoms with van der Waals surface area (Å²) in [5, 5.41) is 3.19. The van der Waals surface area contributed by atoms with Crippen LogP contribution in [0.4, 0.5) is 14.5 Å². The summed E-state index contributed by atoms with van der Waals surface area (Å²) < 4.78 is 28.6. The Morgan fingerprint density at radius 2 is 2.04 bits per heavy atom. The molecule has 1 atom stereocenters. The number of anilines is 1. The van der Waals surface area contributed by atoms with Gasteiger partial charge in [0.25, 0.3) is 0 Å². The zero-order valence-corrected chi connectivity index (χ0v) is 15.4. The molecule has 2 aromatic carbocycles. The highest BCUT2D eigenvalue weighted by atomic mass is 32.2. The minimum atomic E-state index is -0.505. The molecular weight excluding hydrogens is 352 g/mol. The lowest BCUT2D eigenvalue weighted by atomic mass is 9.99. The van der Waals surface area contributed by atoms with E-state index < -0.39 is 11.6 Å². The summed E-state index contributed by atoms with van der Waals surface area (Å²) >= 11 is 1.80. The molecule has 26 heavy (non-hydrogen) atoms. The molecule has 2 aromatic rings. The number of nitrogens with two attached hydrogens (primary N) is 1. The van der Waals surface area contributed by atoms with Gasteiger partial charge in [-0.25, -0.2) is 8.78 Å². The summed E-state index contributed by atoms with van der Waals surface area (Å²) in [6.45, 7) is 2.40. The van der Waals surface area contributed by atoms with E-state index >= 15 is 0 Å². The molecule has 138 valence electrons. The number of thioether (sulfide) groups is 1. The standard InChI is InChI=1S/C20H23F2N3S/c21-16-3-1-4-17(22)19(16)13-9-14-10-15(5-6-24-12-23)25-7-2-8-26-18(11-13)20(14)25/h1,3-4,9,11,15,24H,2,5-8,10,12,23H2/t15-/m0/s1. The number of hydrogen-bond donors (Lipinski definition) is 2. The van der Waals surface area contributed by atoms with Crippen molar-refractivity contribution < 1.29 is 8.78 Å². The highest BCUT2D eigenvalue weighted by Gasteiger charge is 2.33. The van der Waals surface area contributed by atoms with E-state index in [0.717, 1.165) is 43.0 Å². The third kappa shape index (κ3) is 3.21. The van der Waals surface area contributed by atoms with Crippen molar-refractivity contribution in [3.8, 4) is 11.1 Å². The second-order valence-corrected chi connectivity index (χ2v) is 7.96. The van der Waals surface area contributed by atoms with Crippen LogP contribution in [0.2, 0.25) is 0 Å². The molecule has 0 unspecified atom stereocenters. The zero-order valence-electron chi connectivity index (χ0n) is 14.6. The summed E-state index contributed by atoms with van der Waals surface area (Å²) in [6.07, 6.45) is 3.04. The maximum Gasteiger partial charge on any atom is 0.133 e. The Bertz CT molecular complexity index is 792. The fraction of sp³-hybridized carbons (Fsp3) is 0.400. The number of nitrogens with zero attached hydrogens (tertiary/aromatic N) is 1. The van der Waals surface area contributed by atoms with Crippen molar-refractivity contribution in [1.82, 2.24) is 5.32 Å². The van der Waals surface area contributed by atoms with Crippen molar-refractivity contribution in [3.63, 3.8) is 0 Å². The van der Waals surface area contributed by atoms with Crippen LogP contribution >= 0.6 is 11.8 Å².